The molecule has 3 fully saturated rings. The molecule has 1 saturated heterocycles. The normalized spacial score (nSPS) is 24.5. The molecule has 2 saturated carbocycles. The van der Waals surface area contributed by atoms with Gasteiger partial charge in [0.15, 0.2) is 0 Å². The van der Waals surface area contributed by atoms with Crippen LogP contribution in [-0.4, -0.2) is 85.3 Å². The van der Waals surface area contributed by atoms with Crippen molar-refractivity contribution in [3.8, 4) is 17.0 Å². The number of carbonyl (C=O) groups is 4. The first-order chi connectivity index (χ1) is 22.2. The van der Waals surface area contributed by atoms with E-state index in [4.69, 9.17) is 9.47 Å². The number of thiophene rings is 1. The molecule has 13 nitrogen and oxygen atoms in total. The quantitative estimate of drug-likeness (QED) is 0.284. The van der Waals surface area contributed by atoms with Gasteiger partial charge >= 0.3 is 6.09 Å². The summed E-state index contributed by atoms with van der Waals surface area (Å²) >= 11 is 1.56. The maximum absolute atomic E-state index is 14.1. The molecule has 2 aromatic rings. The van der Waals surface area contributed by atoms with Crippen molar-refractivity contribution in [2.75, 3.05) is 20.3 Å². The number of sulfonamides is 1. The smallest absolute Gasteiger partial charge is 0.407 e. The Morgan fingerprint density at radius 1 is 1.23 bits per heavy atom. The van der Waals surface area contributed by atoms with Crippen LogP contribution in [0.1, 0.15) is 46.5 Å². The molecule has 5 atom stereocenters. The zero-order valence-electron chi connectivity index (χ0n) is 26.9. The number of amides is 4. The Kier molecular flexibility index (Phi) is 9.69. The van der Waals surface area contributed by atoms with Gasteiger partial charge in [-0.2, -0.15) is 11.3 Å². The number of rotatable bonds is 12. The molecule has 0 spiro atoms. The van der Waals surface area contributed by atoms with Crippen molar-refractivity contribution in [2.45, 2.75) is 69.3 Å². The Balaban J connectivity index is 1.36. The summed E-state index contributed by atoms with van der Waals surface area (Å²) in [6.45, 7) is 9.40. The molecule has 0 radical (unpaired) electrons. The molecule has 4 amide bonds. The van der Waals surface area contributed by atoms with E-state index in [1.54, 1.807) is 44.4 Å². The van der Waals surface area contributed by atoms with Gasteiger partial charge in [-0.15, -0.1) is 6.58 Å². The highest BCUT2D eigenvalue weighted by atomic mass is 32.2. The molecule has 47 heavy (non-hydrogen) atoms. The van der Waals surface area contributed by atoms with Gasteiger partial charge in [0.1, 0.15) is 23.4 Å². The fourth-order valence-electron chi connectivity index (χ4n) is 5.83. The minimum Gasteiger partial charge on any atom is -0.493 e. The van der Waals surface area contributed by atoms with Gasteiger partial charge in [0.25, 0.3) is 5.91 Å². The summed E-state index contributed by atoms with van der Waals surface area (Å²) < 4.78 is 38.2. The van der Waals surface area contributed by atoms with E-state index in [9.17, 15) is 27.6 Å². The van der Waals surface area contributed by atoms with Gasteiger partial charge in [-0.05, 0) is 48.6 Å². The number of carbonyl (C=O) groups excluding carboxylic acids is 4. The highest BCUT2D eigenvalue weighted by Crippen LogP contribution is 2.45. The summed E-state index contributed by atoms with van der Waals surface area (Å²) in [6, 6.07) is 3.44. The fourth-order valence-corrected chi connectivity index (χ4v) is 7.84. The van der Waals surface area contributed by atoms with E-state index in [1.807, 2.05) is 22.9 Å². The lowest BCUT2D eigenvalue weighted by molar-refractivity contribution is -0.142. The van der Waals surface area contributed by atoms with Crippen molar-refractivity contribution in [3.05, 3.63) is 47.8 Å². The maximum atomic E-state index is 14.1. The van der Waals surface area contributed by atoms with E-state index in [-0.39, 0.29) is 31.9 Å². The van der Waals surface area contributed by atoms with Crippen LogP contribution in [0.4, 0.5) is 4.79 Å². The van der Waals surface area contributed by atoms with Crippen LogP contribution in [0.2, 0.25) is 0 Å². The summed E-state index contributed by atoms with van der Waals surface area (Å²) in [5.41, 5.74) is -0.549. The molecule has 5 rings (SSSR count). The third-order valence-electron chi connectivity index (χ3n) is 8.82. The molecule has 254 valence electrons. The third kappa shape index (κ3) is 7.61. The Morgan fingerprint density at radius 2 is 1.98 bits per heavy atom. The standard InChI is InChI=1S/C32H41N5O8S2/c1-6-21-15-32(21,29(40)36-47(42,43)23-7-8-23)35-27(38)25-13-19(16-37(25)28(39)26(31(2,3)4)34-30(41)44-5)17-45-22-9-11-33-24(14-22)20-10-12-46-18-20/h6,9-12,14,18-19,21,23,25-26H,1,7-8,13,15-17H2,2-5H3,(H,34,41)(H,35,38)(H,36,40)/t19-,21-,25+,26-,32-/m1/s1. The van der Waals surface area contributed by atoms with E-state index in [0.717, 1.165) is 11.3 Å². The number of alkyl carbamates (subject to hydrolysis) is 1. The number of ether oxygens (including phenoxy) is 2. The highest BCUT2D eigenvalue weighted by molar-refractivity contribution is 7.91. The third-order valence-corrected chi connectivity index (χ3v) is 11.3. The molecule has 0 bridgehead atoms. The van der Waals surface area contributed by atoms with Crippen LogP contribution in [0.5, 0.6) is 5.75 Å². The monoisotopic (exact) mass is 687 g/mol. The van der Waals surface area contributed by atoms with E-state index < -0.39 is 68.0 Å². The Morgan fingerprint density at radius 3 is 2.57 bits per heavy atom. The van der Waals surface area contributed by atoms with Crippen molar-refractivity contribution in [1.82, 2.24) is 25.2 Å². The Bertz CT molecular complexity index is 1640. The lowest BCUT2D eigenvalue weighted by Gasteiger charge is -2.35. The lowest BCUT2D eigenvalue weighted by Crippen LogP contribution is -2.60. The lowest BCUT2D eigenvalue weighted by atomic mass is 9.85. The number of hydrogen-bond acceptors (Lipinski definition) is 10. The second-order valence-electron chi connectivity index (χ2n) is 13.4. The number of likely N-dealkylation sites (tertiary alicyclic amines) is 1. The summed E-state index contributed by atoms with van der Waals surface area (Å²) in [5, 5.41) is 8.70. The highest BCUT2D eigenvalue weighted by Gasteiger charge is 2.62. The van der Waals surface area contributed by atoms with Crippen LogP contribution >= 0.6 is 11.3 Å². The zero-order chi connectivity index (χ0) is 34.1. The number of methoxy groups -OCH3 is 1. The minimum atomic E-state index is -3.86. The SMILES string of the molecule is C=C[C@@H]1C[C@]1(NC(=O)[C@@H]1C[C@@H](COc2ccnc(-c3ccsc3)c2)CN1C(=O)[C@@H](NC(=O)OC)C(C)(C)C)C(=O)NS(=O)(=O)C1CC1. The van der Waals surface area contributed by atoms with E-state index in [0.29, 0.717) is 18.6 Å². The number of hydrogen-bond donors (Lipinski definition) is 3. The molecule has 1 aliphatic heterocycles. The van der Waals surface area contributed by atoms with Crippen molar-refractivity contribution in [2.24, 2.45) is 17.3 Å². The fraction of sp³-hybridized carbons (Fsp3) is 0.531. The van der Waals surface area contributed by atoms with Gasteiger partial charge in [-0.25, -0.2) is 13.2 Å². The van der Waals surface area contributed by atoms with Gasteiger partial charge in [0, 0.05) is 41.6 Å². The summed E-state index contributed by atoms with van der Waals surface area (Å²) in [5.74, 6) is -2.14. The van der Waals surface area contributed by atoms with Gasteiger partial charge in [0.05, 0.1) is 24.7 Å². The maximum Gasteiger partial charge on any atom is 0.407 e. The molecule has 3 N–H and O–H groups in total. The molecule has 15 heteroatoms. The summed E-state index contributed by atoms with van der Waals surface area (Å²) in [4.78, 5) is 59.5. The van der Waals surface area contributed by atoms with Gasteiger partial charge in [-0.1, -0.05) is 26.8 Å². The van der Waals surface area contributed by atoms with Gasteiger partial charge < -0.3 is 25.0 Å². The number of nitrogens with zero attached hydrogens (tertiary/aromatic N) is 2. The van der Waals surface area contributed by atoms with Crippen molar-refractivity contribution < 1.29 is 37.1 Å². The van der Waals surface area contributed by atoms with Crippen LogP contribution < -0.4 is 20.1 Å². The second-order valence-corrected chi connectivity index (χ2v) is 16.2. The second kappa shape index (κ2) is 13.3. The van der Waals surface area contributed by atoms with Crippen molar-refractivity contribution in [3.63, 3.8) is 0 Å². The first kappa shape index (κ1) is 34.4. The first-order valence-electron chi connectivity index (χ1n) is 15.5. The largest absolute Gasteiger partial charge is 0.493 e. The predicted molar refractivity (Wildman–Crippen MR) is 175 cm³/mol. The van der Waals surface area contributed by atoms with Crippen LogP contribution in [0, 0.1) is 17.3 Å². The average Bonchev–Trinajstić information content (AvgIpc) is 3.89. The van der Waals surface area contributed by atoms with Crippen LogP contribution in [0.25, 0.3) is 11.3 Å². The Labute approximate surface area is 278 Å². The van der Waals surface area contributed by atoms with E-state index in [1.165, 1.54) is 18.1 Å². The number of aromatic nitrogens is 1. The molecule has 2 aromatic heterocycles. The predicted octanol–water partition coefficient (Wildman–Crippen LogP) is 2.85. The molecule has 0 aromatic carbocycles. The van der Waals surface area contributed by atoms with Crippen LogP contribution in [0.3, 0.4) is 0 Å². The van der Waals surface area contributed by atoms with E-state index >= 15 is 0 Å². The van der Waals surface area contributed by atoms with Crippen LogP contribution in [0.15, 0.2) is 47.8 Å². The average molecular weight is 688 g/mol. The summed E-state index contributed by atoms with van der Waals surface area (Å²) in [6.07, 6.45) is 3.67. The van der Waals surface area contributed by atoms with Crippen molar-refractivity contribution >= 4 is 45.2 Å². The Hall–Kier alpha value is -3.98. The van der Waals surface area contributed by atoms with Crippen LogP contribution in [-0.2, 0) is 29.1 Å². The minimum absolute atomic E-state index is 0.134. The van der Waals surface area contributed by atoms with E-state index in [2.05, 4.69) is 26.9 Å². The number of pyridine rings is 1. The molecular formula is C32H41N5O8S2. The molecule has 0 unspecified atom stereocenters. The summed E-state index contributed by atoms with van der Waals surface area (Å²) in [7, 11) is -2.67. The van der Waals surface area contributed by atoms with Gasteiger partial charge in [-0.3, -0.25) is 24.1 Å². The molecular weight excluding hydrogens is 647 g/mol. The molecule has 2 aliphatic carbocycles. The molecule has 3 aliphatic rings. The number of nitrogens with one attached hydrogen (secondary N) is 3. The van der Waals surface area contributed by atoms with Crippen molar-refractivity contribution in [1.29, 1.82) is 0 Å². The van der Waals surface area contributed by atoms with Gasteiger partial charge in [0.2, 0.25) is 21.8 Å². The zero-order valence-corrected chi connectivity index (χ0v) is 28.5. The first-order valence-corrected chi connectivity index (χ1v) is 17.9. The topological polar surface area (TPSA) is 173 Å². The molecule has 3 heterocycles.